The Bertz CT molecular complexity index is 1360. The zero-order valence-electron chi connectivity index (χ0n) is 27.9. The maximum absolute atomic E-state index is 13.8. The molecule has 0 bridgehead atoms. The van der Waals surface area contributed by atoms with Gasteiger partial charge in [-0.15, -0.1) is 0 Å². The van der Waals surface area contributed by atoms with Gasteiger partial charge in [-0.25, -0.2) is 10.2 Å². The minimum Gasteiger partial charge on any atom is -0.462 e. The van der Waals surface area contributed by atoms with Gasteiger partial charge in [0, 0.05) is 44.1 Å². The van der Waals surface area contributed by atoms with E-state index in [-0.39, 0.29) is 51.6 Å². The van der Waals surface area contributed by atoms with Gasteiger partial charge in [-0.2, -0.15) is 5.10 Å². The number of fused-ring (bicyclic) bond motifs is 2. The second kappa shape index (κ2) is 11.4. The summed E-state index contributed by atoms with van der Waals surface area (Å²) in [5.74, 6) is -1.52. The largest absolute Gasteiger partial charge is 0.462 e. The number of nitrogens with one attached hydrogen (secondary N) is 1. The van der Waals surface area contributed by atoms with Crippen LogP contribution in [0.5, 0.6) is 0 Å². The summed E-state index contributed by atoms with van der Waals surface area (Å²) >= 11 is 0. The molecule has 45 heavy (non-hydrogen) atoms. The van der Waals surface area contributed by atoms with Gasteiger partial charge in [-0.05, 0) is 83.7 Å². The van der Waals surface area contributed by atoms with E-state index in [0.717, 1.165) is 37.8 Å². The predicted octanol–water partition coefficient (Wildman–Crippen LogP) is 4.70. The summed E-state index contributed by atoms with van der Waals surface area (Å²) in [6, 6.07) is -0.674. The molecule has 10 heteroatoms. The number of carbonyl (C=O) groups excluding carboxylic acids is 4. The van der Waals surface area contributed by atoms with Gasteiger partial charge in [-0.1, -0.05) is 47.3 Å². The number of ketones is 1. The average molecular weight is 626 g/mol. The van der Waals surface area contributed by atoms with Crippen LogP contribution in [0.15, 0.2) is 29.4 Å². The Labute approximate surface area is 266 Å². The summed E-state index contributed by atoms with van der Waals surface area (Å²) < 4.78 is 11.9. The molecule has 5 aliphatic rings. The fraction of sp³-hybridized carbons (Fsp3) is 0.743. The molecule has 0 saturated heterocycles. The van der Waals surface area contributed by atoms with Crippen molar-refractivity contribution in [3.63, 3.8) is 0 Å². The van der Waals surface area contributed by atoms with E-state index in [9.17, 15) is 24.3 Å². The van der Waals surface area contributed by atoms with Gasteiger partial charge < -0.3 is 20.3 Å². The van der Waals surface area contributed by atoms with Crippen molar-refractivity contribution in [3.05, 3.63) is 24.3 Å². The molecule has 4 saturated carbocycles. The molecule has 0 aromatic carbocycles. The summed E-state index contributed by atoms with van der Waals surface area (Å²) in [7, 11) is 0. The van der Waals surface area contributed by atoms with Crippen LogP contribution in [0.3, 0.4) is 0 Å². The summed E-state index contributed by atoms with van der Waals surface area (Å²) in [6.07, 6.45) is 8.60. The maximum atomic E-state index is 13.8. The predicted molar refractivity (Wildman–Crippen MR) is 168 cm³/mol. The highest BCUT2D eigenvalue weighted by molar-refractivity contribution is 6.00. The Morgan fingerprint density at radius 2 is 1.82 bits per heavy atom. The van der Waals surface area contributed by atoms with Crippen LogP contribution in [0.25, 0.3) is 0 Å². The van der Waals surface area contributed by atoms with Gasteiger partial charge in [0.1, 0.15) is 6.10 Å². The lowest BCUT2D eigenvalue weighted by atomic mass is 9.43. The van der Waals surface area contributed by atoms with Crippen LogP contribution in [-0.4, -0.2) is 53.4 Å². The molecular weight excluding hydrogens is 574 g/mol. The Kier molecular flexibility index (Phi) is 8.41. The molecule has 0 aromatic heterocycles. The monoisotopic (exact) mass is 625 g/mol. The number of carbonyl (C=O) groups is 4. The number of aliphatic hydroxyl groups excluding tert-OH is 1. The SMILES string of the molecule is C=C(C(=O)[C@H](OC(C)=O)[C@@H](C)[C@H]1[C@@H](OC(C)=O)C[C@@]2(C)[C@@H]3CC[C@H]4[C@H](C)/C(=N\NC(N)=O)C=C[C@@]45C[C@@]35CC[C@]12C)[C@@H](C)CO. The van der Waals surface area contributed by atoms with Crippen molar-refractivity contribution in [2.75, 3.05) is 6.61 Å². The molecule has 0 aliphatic heterocycles. The van der Waals surface area contributed by atoms with Crippen molar-refractivity contribution in [1.82, 2.24) is 5.43 Å². The van der Waals surface area contributed by atoms with Gasteiger partial charge in [0.25, 0.3) is 0 Å². The molecule has 0 radical (unpaired) electrons. The van der Waals surface area contributed by atoms with Crippen LogP contribution in [0.1, 0.15) is 87.0 Å². The minimum absolute atomic E-state index is 0.0560. The number of rotatable bonds is 9. The molecule has 4 fully saturated rings. The van der Waals surface area contributed by atoms with Gasteiger partial charge in [0.05, 0.1) is 5.71 Å². The zero-order valence-corrected chi connectivity index (χ0v) is 27.9. The molecule has 10 nitrogen and oxygen atoms in total. The first kappa shape index (κ1) is 33.4. The van der Waals surface area contributed by atoms with Crippen LogP contribution in [0, 0.1) is 57.2 Å². The number of nitrogens with two attached hydrogens (primary N) is 1. The van der Waals surface area contributed by atoms with Gasteiger partial charge in [0.15, 0.2) is 11.9 Å². The number of amides is 2. The molecule has 5 aliphatic carbocycles. The first-order chi connectivity index (χ1) is 21.0. The van der Waals surface area contributed by atoms with Crippen LogP contribution in [0.4, 0.5) is 4.79 Å². The second-order valence-electron chi connectivity index (χ2n) is 15.3. The van der Waals surface area contributed by atoms with Crippen molar-refractivity contribution in [3.8, 4) is 0 Å². The molecule has 12 atom stereocenters. The number of esters is 2. The normalized spacial score (nSPS) is 42.1. The maximum Gasteiger partial charge on any atom is 0.332 e. The van der Waals surface area contributed by atoms with E-state index < -0.39 is 41.8 Å². The Morgan fingerprint density at radius 1 is 1.13 bits per heavy atom. The Balaban J connectivity index is 1.52. The first-order valence-corrected chi connectivity index (χ1v) is 16.5. The molecule has 2 amide bonds. The lowest BCUT2D eigenvalue weighted by Gasteiger charge is -2.61. The summed E-state index contributed by atoms with van der Waals surface area (Å²) in [5.41, 5.74) is 8.43. The average Bonchev–Trinajstić information content (AvgIpc) is 3.57. The number of nitrogens with zero attached hydrogens (tertiary/aromatic N) is 1. The molecule has 5 rings (SSSR count). The number of hydrazone groups is 1. The summed E-state index contributed by atoms with van der Waals surface area (Å²) in [5, 5.41) is 14.0. The van der Waals surface area contributed by atoms with E-state index in [1.54, 1.807) is 6.92 Å². The third-order valence-electron chi connectivity index (χ3n) is 13.4. The minimum atomic E-state index is -1.10. The molecule has 4 N–H and O–H groups in total. The third kappa shape index (κ3) is 4.88. The number of Topliss-reactive ketones (excluding diaryl/α,β-unsaturated/α-hetero) is 1. The van der Waals surface area contributed by atoms with Crippen LogP contribution in [-0.2, 0) is 23.9 Å². The van der Waals surface area contributed by atoms with E-state index in [0.29, 0.717) is 18.3 Å². The van der Waals surface area contributed by atoms with E-state index in [1.807, 2.05) is 6.92 Å². The summed E-state index contributed by atoms with van der Waals surface area (Å²) in [6.45, 7) is 16.9. The van der Waals surface area contributed by atoms with Crippen LogP contribution >= 0.6 is 0 Å². The molecule has 0 heterocycles. The number of aliphatic hydroxyl groups is 1. The quantitative estimate of drug-likeness (QED) is 0.190. The smallest absolute Gasteiger partial charge is 0.332 e. The standard InChI is InChI=1S/C35H51N3O7/c1-18(16-39)19(2)29(42)30(45-23(6)41)21(4)28-26(44-22(5)40)15-33(8)27-10-9-24-20(3)25(37-38-31(36)43)11-12-34(24)17-35(27,34)14-13-32(28,33)7/h11-12,18,20-21,24,26-28,30,39H,2,9-10,13-17H2,1,3-8H3,(H3,36,38,43)/b37-25-/t18-,20-,21-,24-,26-,27-,28-,30+,32+,33-,34+,35-/m0/s1. The number of ether oxygens (including phenoxy) is 2. The van der Waals surface area contributed by atoms with E-state index >= 15 is 0 Å². The number of hydrogen-bond acceptors (Lipinski definition) is 8. The number of hydrogen-bond donors (Lipinski definition) is 3. The molecular formula is C35H51N3O7. The molecule has 0 unspecified atom stereocenters. The molecule has 0 aromatic rings. The highest BCUT2D eigenvalue weighted by Crippen LogP contribution is 2.87. The lowest BCUT2D eigenvalue weighted by Crippen LogP contribution is -2.56. The zero-order chi connectivity index (χ0) is 33.3. The van der Waals surface area contributed by atoms with E-state index in [2.05, 4.69) is 50.0 Å². The van der Waals surface area contributed by atoms with Crippen molar-refractivity contribution >= 4 is 29.5 Å². The molecule has 248 valence electrons. The number of primary amides is 1. The van der Waals surface area contributed by atoms with Crippen molar-refractivity contribution in [2.24, 2.45) is 68.0 Å². The van der Waals surface area contributed by atoms with Crippen molar-refractivity contribution in [1.29, 1.82) is 0 Å². The fourth-order valence-corrected chi connectivity index (χ4v) is 11.2. The third-order valence-corrected chi connectivity index (χ3v) is 13.4. The Hall–Kier alpha value is -3.01. The Morgan fingerprint density at radius 3 is 2.42 bits per heavy atom. The highest BCUT2D eigenvalue weighted by Gasteiger charge is 2.81. The van der Waals surface area contributed by atoms with Gasteiger partial charge >= 0.3 is 18.0 Å². The first-order valence-electron chi connectivity index (χ1n) is 16.5. The van der Waals surface area contributed by atoms with E-state index in [4.69, 9.17) is 15.2 Å². The number of urea groups is 1. The van der Waals surface area contributed by atoms with Crippen LogP contribution in [0.2, 0.25) is 0 Å². The van der Waals surface area contributed by atoms with Gasteiger partial charge in [-0.3, -0.25) is 14.4 Å². The molecule has 2 spiro atoms. The van der Waals surface area contributed by atoms with Crippen molar-refractivity contribution in [2.45, 2.75) is 99.2 Å². The van der Waals surface area contributed by atoms with E-state index in [1.165, 1.54) is 13.8 Å². The van der Waals surface area contributed by atoms with Crippen LogP contribution < -0.4 is 11.2 Å². The second-order valence-corrected chi connectivity index (χ2v) is 15.3. The highest BCUT2D eigenvalue weighted by atomic mass is 16.6. The van der Waals surface area contributed by atoms with Crippen molar-refractivity contribution < 1.29 is 33.8 Å². The summed E-state index contributed by atoms with van der Waals surface area (Å²) in [4.78, 5) is 50.0. The fourth-order valence-electron chi connectivity index (χ4n) is 11.2. The van der Waals surface area contributed by atoms with Gasteiger partial charge in [0.2, 0.25) is 0 Å². The lowest BCUT2D eigenvalue weighted by molar-refractivity contribution is -0.166. The number of allylic oxidation sites excluding steroid dienone is 2. The topological polar surface area (TPSA) is 157 Å².